The lowest BCUT2D eigenvalue weighted by Crippen LogP contribution is -2.35. The Balaban J connectivity index is 2.01. The summed E-state index contributed by atoms with van der Waals surface area (Å²) in [6.45, 7) is 1.87. The lowest BCUT2D eigenvalue weighted by Gasteiger charge is -2.16. The van der Waals surface area contributed by atoms with E-state index in [1.807, 2.05) is 30.3 Å². The van der Waals surface area contributed by atoms with Crippen LogP contribution in [0.3, 0.4) is 0 Å². The number of amides is 1. The van der Waals surface area contributed by atoms with E-state index in [0.29, 0.717) is 18.0 Å². The van der Waals surface area contributed by atoms with E-state index in [1.165, 1.54) is 21.1 Å². The van der Waals surface area contributed by atoms with E-state index in [-0.39, 0.29) is 11.5 Å². The monoisotopic (exact) mass is 343 g/mol. The highest BCUT2D eigenvalue weighted by atomic mass is 16.6. The van der Waals surface area contributed by atoms with Crippen molar-refractivity contribution in [3.8, 4) is 11.5 Å². The fourth-order valence-electron chi connectivity index (χ4n) is 2.25. The number of methoxy groups -OCH3 is 2. The molecule has 0 radical (unpaired) electrons. The molecule has 0 bridgehead atoms. The summed E-state index contributed by atoms with van der Waals surface area (Å²) in [4.78, 5) is 24.6. The number of nitrogens with one attached hydrogen (secondary N) is 1. The van der Waals surface area contributed by atoms with Gasteiger partial charge in [0.2, 0.25) is 0 Å². The predicted octanol–water partition coefficient (Wildman–Crippen LogP) is 2.57. The van der Waals surface area contributed by atoms with Gasteiger partial charge in [0.05, 0.1) is 14.2 Å². The molecule has 1 amide bonds. The van der Waals surface area contributed by atoms with Crippen LogP contribution in [0.15, 0.2) is 48.5 Å². The minimum Gasteiger partial charge on any atom is -0.496 e. The molecule has 0 aliphatic rings. The second-order valence-electron chi connectivity index (χ2n) is 5.29. The zero-order valence-corrected chi connectivity index (χ0v) is 14.4. The largest absolute Gasteiger partial charge is 0.496 e. The van der Waals surface area contributed by atoms with Gasteiger partial charge in [0.25, 0.3) is 5.91 Å². The maximum absolute atomic E-state index is 12.4. The lowest BCUT2D eigenvalue weighted by molar-refractivity contribution is -0.129. The van der Waals surface area contributed by atoms with E-state index >= 15 is 0 Å². The molecule has 0 saturated carbocycles. The van der Waals surface area contributed by atoms with E-state index in [2.05, 4.69) is 5.32 Å². The second kappa shape index (κ2) is 8.73. The number of ether oxygens (including phenoxy) is 3. The molecular formula is C19H21NO5. The molecule has 6 heteroatoms. The van der Waals surface area contributed by atoms with Crippen molar-refractivity contribution in [3.63, 3.8) is 0 Å². The topological polar surface area (TPSA) is 73.9 Å². The normalized spacial score (nSPS) is 11.3. The maximum atomic E-state index is 12.4. The summed E-state index contributed by atoms with van der Waals surface area (Å²) in [7, 11) is 2.89. The van der Waals surface area contributed by atoms with Crippen molar-refractivity contribution in [1.29, 1.82) is 0 Å². The van der Waals surface area contributed by atoms with Crippen LogP contribution in [0.1, 0.15) is 22.8 Å². The summed E-state index contributed by atoms with van der Waals surface area (Å²) in [5.41, 5.74) is 1.11. The third kappa shape index (κ3) is 4.73. The summed E-state index contributed by atoms with van der Waals surface area (Å²) in [5, 5.41) is 2.73. The van der Waals surface area contributed by atoms with E-state index in [9.17, 15) is 9.59 Å². The third-order valence-corrected chi connectivity index (χ3v) is 3.59. The van der Waals surface area contributed by atoms with Gasteiger partial charge >= 0.3 is 5.97 Å². The van der Waals surface area contributed by atoms with Crippen molar-refractivity contribution in [2.75, 3.05) is 14.2 Å². The Kier molecular flexibility index (Phi) is 6.39. The van der Waals surface area contributed by atoms with Crippen LogP contribution in [0.4, 0.5) is 0 Å². The molecule has 1 N–H and O–H groups in total. The fraction of sp³-hybridized carbons (Fsp3) is 0.263. The first kappa shape index (κ1) is 18.3. The van der Waals surface area contributed by atoms with Gasteiger partial charge in [-0.1, -0.05) is 36.4 Å². The highest BCUT2D eigenvalue weighted by Gasteiger charge is 2.24. The Bertz CT molecular complexity index is 708. The lowest BCUT2D eigenvalue weighted by atomic mass is 10.1. The van der Waals surface area contributed by atoms with Crippen LogP contribution in [-0.2, 0) is 16.1 Å². The SMILES string of the molecule is COc1cccc(OC)c1C(=O)O[C@@H](C)C(=O)NCc1ccccc1. The number of benzene rings is 2. The minimum atomic E-state index is -0.953. The van der Waals surface area contributed by atoms with Gasteiger partial charge in [0.1, 0.15) is 17.1 Å². The predicted molar refractivity (Wildman–Crippen MR) is 92.7 cm³/mol. The van der Waals surface area contributed by atoms with Gasteiger partial charge < -0.3 is 19.5 Å². The molecule has 2 aromatic carbocycles. The maximum Gasteiger partial charge on any atom is 0.346 e. The van der Waals surface area contributed by atoms with Crippen molar-refractivity contribution < 1.29 is 23.8 Å². The van der Waals surface area contributed by atoms with E-state index < -0.39 is 12.1 Å². The average Bonchev–Trinajstić information content (AvgIpc) is 2.65. The molecule has 1 atom stereocenters. The second-order valence-corrected chi connectivity index (χ2v) is 5.29. The Morgan fingerprint density at radius 3 is 2.12 bits per heavy atom. The van der Waals surface area contributed by atoms with Crippen LogP contribution in [0.25, 0.3) is 0 Å². The highest BCUT2D eigenvalue weighted by molar-refractivity contribution is 5.97. The molecule has 0 heterocycles. The van der Waals surface area contributed by atoms with E-state index in [1.54, 1.807) is 18.2 Å². The summed E-state index contributed by atoms with van der Waals surface area (Å²) in [6, 6.07) is 14.4. The van der Waals surface area contributed by atoms with Crippen LogP contribution in [0.2, 0.25) is 0 Å². The molecule has 132 valence electrons. The van der Waals surface area contributed by atoms with Crippen molar-refractivity contribution in [3.05, 3.63) is 59.7 Å². The van der Waals surface area contributed by atoms with Crippen LogP contribution >= 0.6 is 0 Å². The molecule has 0 aliphatic carbocycles. The summed E-state index contributed by atoms with van der Waals surface area (Å²) in [5.74, 6) is -0.426. The van der Waals surface area contributed by atoms with Crippen molar-refractivity contribution in [2.45, 2.75) is 19.6 Å². The molecule has 0 aliphatic heterocycles. The number of hydrogen-bond donors (Lipinski definition) is 1. The van der Waals surface area contributed by atoms with Crippen molar-refractivity contribution in [2.24, 2.45) is 0 Å². The quantitative estimate of drug-likeness (QED) is 0.782. The zero-order valence-electron chi connectivity index (χ0n) is 14.4. The smallest absolute Gasteiger partial charge is 0.346 e. The van der Waals surface area contributed by atoms with Crippen molar-refractivity contribution >= 4 is 11.9 Å². The number of esters is 1. The van der Waals surface area contributed by atoms with E-state index in [4.69, 9.17) is 14.2 Å². The zero-order chi connectivity index (χ0) is 18.2. The molecule has 0 fully saturated rings. The number of rotatable bonds is 7. The fourth-order valence-corrected chi connectivity index (χ4v) is 2.25. The van der Waals surface area contributed by atoms with Crippen LogP contribution in [0.5, 0.6) is 11.5 Å². The highest BCUT2D eigenvalue weighted by Crippen LogP contribution is 2.29. The Morgan fingerprint density at radius 1 is 0.960 bits per heavy atom. The number of carbonyl (C=O) groups excluding carboxylic acids is 2. The molecule has 25 heavy (non-hydrogen) atoms. The van der Waals surface area contributed by atoms with Gasteiger partial charge in [-0.25, -0.2) is 4.79 Å². The average molecular weight is 343 g/mol. The minimum absolute atomic E-state index is 0.148. The number of hydrogen-bond acceptors (Lipinski definition) is 5. The first-order valence-corrected chi connectivity index (χ1v) is 7.80. The summed E-state index contributed by atoms with van der Waals surface area (Å²) >= 11 is 0. The molecule has 6 nitrogen and oxygen atoms in total. The molecule has 0 spiro atoms. The molecule has 2 rings (SSSR count). The van der Waals surface area contributed by atoms with Crippen molar-refractivity contribution in [1.82, 2.24) is 5.32 Å². The van der Waals surface area contributed by atoms with Gasteiger partial charge in [0.15, 0.2) is 6.10 Å². The first-order chi connectivity index (χ1) is 12.1. The van der Waals surface area contributed by atoms with Crippen LogP contribution < -0.4 is 14.8 Å². The van der Waals surface area contributed by atoms with E-state index in [0.717, 1.165) is 5.56 Å². The molecule has 2 aromatic rings. The number of carbonyl (C=O) groups is 2. The first-order valence-electron chi connectivity index (χ1n) is 7.80. The van der Waals surface area contributed by atoms with Gasteiger partial charge in [-0.3, -0.25) is 4.79 Å². The Morgan fingerprint density at radius 2 is 1.56 bits per heavy atom. The van der Waals surface area contributed by atoms with Crippen LogP contribution in [0, 0.1) is 0 Å². The Labute approximate surface area is 146 Å². The van der Waals surface area contributed by atoms with Gasteiger partial charge in [-0.2, -0.15) is 0 Å². The van der Waals surface area contributed by atoms with Gasteiger partial charge in [-0.15, -0.1) is 0 Å². The Hall–Kier alpha value is -3.02. The molecule has 0 saturated heterocycles. The molecule has 0 aromatic heterocycles. The van der Waals surface area contributed by atoms with Gasteiger partial charge in [-0.05, 0) is 24.6 Å². The van der Waals surface area contributed by atoms with Crippen LogP contribution in [-0.4, -0.2) is 32.2 Å². The third-order valence-electron chi connectivity index (χ3n) is 3.59. The molecular weight excluding hydrogens is 322 g/mol. The van der Waals surface area contributed by atoms with Gasteiger partial charge in [0, 0.05) is 6.54 Å². The summed E-state index contributed by atoms with van der Waals surface area (Å²) < 4.78 is 15.6. The standard InChI is InChI=1S/C19H21NO5/c1-13(18(21)20-12-14-8-5-4-6-9-14)25-19(22)17-15(23-2)10-7-11-16(17)24-3/h4-11,13H,12H2,1-3H3,(H,20,21)/t13-/m0/s1. The molecule has 0 unspecified atom stereocenters. The summed E-state index contributed by atoms with van der Waals surface area (Å²) in [6.07, 6.45) is -0.953.